The first kappa shape index (κ1) is 17.4. The fourth-order valence-corrected chi connectivity index (χ4v) is 3.47. The smallest absolute Gasteiger partial charge is 0.247 e. The van der Waals surface area contributed by atoms with Gasteiger partial charge in [0.25, 0.3) is 0 Å². The molecule has 1 aliphatic rings. The number of nitrogens with zero attached hydrogens (tertiary/aromatic N) is 3. The highest BCUT2D eigenvalue weighted by molar-refractivity contribution is 7.99. The molecule has 2 heterocycles. The number of hydrogen-bond donors (Lipinski definition) is 1. The van der Waals surface area contributed by atoms with Crippen LogP contribution in [0.3, 0.4) is 0 Å². The van der Waals surface area contributed by atoms with E-state index in [1.807, 2.05) is 37.3 Å². The van der Waals surface area contributed by atoms with Gasteiger partial charge in [-0.3, -0.25) is 0 Å². The molecule has 132 valence electrons. The molecular weight excluding hydrogens is 391 g/mol. The van der Waals surface area contributed by atoms with Crippen LogP contribution < -0.4 is 10.1 Å². The number of halogens is 2. The van der Waals surface area contributed by atoms with Crippen LogP contribution in [0.25, 0.3) is 11.3 Å². The van der Waals surface area contributed by atoms with Gasteiger partial charge in [-0.15, -0.1) is 10.2 Å². The molecule has 0 aliphatic carbocycles. The molecule has 0 spiro atoms. The maximum absolute atomic E-state index is 6.18. The van der Waals surface area contributed by atoms with E-state index in [0.717, 1.165) is 22.6 Å². The summed E-state index contributed by atoms with van der Waals surface area (Å²) in [5.41, 5.74) is 3.22. The average molecular weight is 405 g/mol. The van der Waals surface area contributed by atoms with E-state index in [1.165, 1.54) is 11.8 Å². The summed E-state index contributed by atoms with van der Waals surface area (Å²) < 4.78 is 6.17. The van der Waals surface area contributed by atoms with Crippen molar-refractivity contribution in [1.29, 1.82) is 0 Å². The van der Waals surface area contributed by atoms with Crippen LogP contribution in [0, 0.1) is 0 Å². The van der Waals surface area contributed by atoms with Gasteiger partial charge >= 0.3 is 0 Å². The van der Waals surface area contributed by atoms with Gasteiger partial charge in [-0.25, -0.2) is 0 Å². The van der Waals surface area contributed by atoms with Gasteiger partial charge in [0.05, 0.1) is 10.0 Å². The number of thioether (sulfide) groups is 1. The molecule has 5 nitrogen and oxygen atoms in total. The summed E-state index contributed by atoms with van der Waals surface area (Å²) in [6, 6.07) is 13.2. The predicted octanol–water partition coefficient (Wildman–Crippen LogP) is 5.46. The number of nitrogens with one attached hydrogen (secondary N) is 1. The van der Waals surface area contributed by atoms with E-state index in [-0.39, 0.29) is 0 Å². The van der Waals surface area contributed by atoms with Gasteiger partial charge in [-0.05, 0) is 24.0 Å². The van der Waals surface area contributed by atoms with Crippen LogP contribution in [-0.4, -0.2) is 20.9 Å². The zero-order valence-corrected chi connectivity index (χ0v) is 16.1. The lowest BCUT2D eigenvalue weighted by atomic mass is 10.1. The summed E-state index contributed by atoms with van der Waals surface area (Å²) in [6.07, 6.45) is -0.483. The monoisotopic (exact) mass is 404 g/mol. The minimum atomic E-state index is -0.483. The maximum Gasteiger partial charge on any atom is 0.247 e. The molecule has 26 heavy (non-hydrogen) atoms. The second-order valence-electron chi connectivity index (χ2n) is 5.54. The van der Waals surface area contributed by atoms with Gasteiger partial charge in [0.2, 0.25) is 11.0 Å². The first-order valence-corrected chi connectivity index (χ1v) is 9.75. The third kappa shape index (κ3) is 3.32. The van der Waals surface area contributed by atoms with Crippen LogP contribution in [-0.2, 0) is 0 Å². The van der Waals surface area contributed by atoms with Crippen molar-refractivity contribution in [2.45, 2.75) is 18.3 Å². The number of rotatable bonds is 3. The molecule has 0 saturated carbocycles. The van der Waals surface area contributed by atoms with Gasteiger partial charge in [0, 0.05) is 16.8 Å². The van der Waals surface area contributed by atoms with Crippen molar-refractivity contribution in [2.24, 2.45) is 0 Å². The van der Waals surface area contributed by atoms with Gasteiger partial charge in [-0.2, -0.15) is 4.98 Å². The average Bonchev–Trinajstić information content (AvgIpc) is 2.81. The molecule has 0 amide bonds. The minimum absolute atomic E-state index is 0.435. The molecule has 1 aliphatic heterocycles. The van der Waals surface area contributed by atoms with E-state index in [4.69, 9.17) is 27.9 Å². The molecule has 4 rings (SSSR count). The highest BCUT2D eigenvalue weighted by Gasteiger charge is 2.26. The largest absolute Gasteiger partial charge is 0.448 e. The topological polar surface area (TPSA) is 59.9 Å². The quantitative estimate of drug-likeness (QED) is 0.584. The number of para-hydroxylation sites is 1. The maximum atomic E-state index is 6.18. The molecule has 8 heteroatoms. The van der Waals surface area contributed by atoms with E-state index in [2.05, 4.69) is 20.5 Å². The number of aromatic nitrogens is 3. The number of fused-ring (bicyclic) bond motifs is 3. The van der Waals surface area contributed by atoms with E-state index in [1.54, 1.807) is 12.1 Å². The first-order valence-electron chi connectivity index (χ1n) is 8.00. The molecule has 0 unspecified atom stereocenters. The highest BCUT2D eigenvalue weighted by atomic mass is 35.5. The predicted molar refractivity (Wildman–Crippen MR) is 105 cm³/mol. The van der Waals surface area contributed by atoms with Gasteiger partial charge in [-0.1, -0.05) is 66.2 Å². The Balaban J connectivity index is 1.83. The van der Waals surface area contributed by atoms with Crippen LogP contribution in [0.1, 0.15) is 18.7 Å². The fraction of sp³-hybridized carbons (Fsp3) is 0.167. The molecule has 0 radical (unpaired) electrons. The summed E-state index contributed by atoms with van der Waals surface area (Å²) in [5.74, 6) is 1.29. The lowest BCUT2D eigenvalue weighted by Crippen LogP contribution is -2.17. The second kappa shape index (κ2) is 7.31. The zero-order chi connectivity index (χ0) is 18.1. The van der Waals surface area contributed by atoms with Crippen molar-refractivity contribution < 1.29 is 4.74 Å². The molecule has 2 aromatic carbocycles. The van der Waals surface area contributed by atoms with E-state index < -0.39 is 6.23 Å². The molecule has 1 N–H and O–H groups in total. The third-order valence-electron chi connectivity index (χ3n) is 3.85. The minimum Gasteiger partial charge on any atom is -0.448 e. The number of anilines is 1. The molecule has 1 atom stereocenters. The number of benzene rings is 2. The van der Waals surface area contributed by atoms with Gasteiger partial charge in [0.1, 0.15) is 0 Å². The Morgan fingerprint density at radius 2 is 1.96 bits per heavy atom. The normalized spacial score (nSPS) is 15.3. The van der Waals surface area contributed by atoms with Crippen LogP contribution in [0.4, 0.5) is 5.69 Å². The molecular formula is C18H14Cl2N4OS. The van der Waals surface area contributed by atoms with Crippen molar-refractivity contribution in [2.75, 3.05) is 11.1 Å². The number of hydrogen-bond acceptors (Lipinski definition) is 6. The molecule has 0 saturated heterocycles. The van der Waals surface area contributed by atoms with Crippen molar-refractivity contribution in [3.8, 4) is 17.1 Å². The number of ether oxygens (including phenoxy) is 1. The lowest BCUT2D eigenvalue weighted by molar-refractivity contribution is 0.225. The van der Waals surface area contributed by atoms with Crippen molar-refractivity contribution in [1.82, 2.24) is 15.2 Å². The third-order valence-corrected chi connectivity index (χ3v) is 5.31. The summed E-state index contributed by atoms with van der Waals surface area (Å²) in [5, 5.41) is 13.5. The highest BCUT2D eigenvalue weighted by Crippen LogP contribution is 2.40. The Morgan fingerprint density at radius 3 is 2.77 bits per heavy atom. The van der Waals surface area contributed by atoms with Crippen LogP contribution >= 0.6 is 35.0 Å². The van der Waals surface area contributed by atoms with Crippen LogP contribution in [0.15, 0.2) is 47.6 Å². The summed E-state index contributed by atoms with van der Waals surface area (Å²) in [6.45, 7) is 2.04. The molecule has 1 aromatic heterocycles. The van der Waals surface area contributed by atoms with E-state index >= 15 is 0 Å². The molecule has 0 bridgehead atoms. The summed E-state index contributed by atoms with van der Waals surface area (Å²) >= 11 is 13.7. The Labute approximate surface area is 165 Å². The van der Waals surface area contributed by atoms with Gasteiger partial charge < -0.3 is 10.1 Å². The van der Waals surface area contributed by atoms with Crippen molar-refractivity contribution in [3.05, 3.63) is 58.1 Å². The zero-order valence-electron chi connectivity index (χ0n) is 13.7. The SMILES string of the molecule is CCSc1nnc2c(n1)O[C@@H](c1ccc(Cl)c(Cl)c1)Nc1ccccc1-2. The standard InChI is InChI=1S/C18H14Cl2N4OS/c1-2-26-18-22-17-15(23-24-18)11-5-3-4-6-14(11)21-16(25-17)10-7-8-12(19)13(20)9-10/h3-9,16,21H,2H2,1H3/t16-/m0/s1. The van der Waals surface area contributed by atoms with Crippen LogP contribution in [0.2, 0.25) is 10.0 Å². The van der Waals surface area contributed by atoms with E-state index in [9.17, 15) is 0 Å². The molecule has 0 fully saturated rings. The van der Waals surface area contributed by atoms with Crippen molar-refractivity contribution >= 4 is 40.7 Å². The van der Waals surface area contributed by atoms with Gasteiger partial charge in [0.15, 0.2) is 11.9 Å². The van der Waals surface area contributed by atoms with E-state index in [0.29, 0.717) is 26.8 Å². The lowest BCUT2D eigenvalue weighted by Gasteiger charge is -2.19. The molecule has 3 aromatic rings. The summed E-state index contributed by atoms with van der Waals surface area (Å²) in [7, 11) is 0. The van der Waals surface area contributed by atoms with Crippen LogP contribution in [0.5, 0.6) is 5.88 Å². The van der Waals surface area contributed by atoms with Crippen molar-refractivity contribution in [3.63, 3.8) is 0 Å². The first-order chi connectivity index (χ1) is 12.7. The second-order valence-corrected chi connectivity index (χ2v) is 7.59. The Kier molecular flexibility index (Phi) is 4.89. The Bertz CT molecular complexity index is 970. The summed E-state index contributed by atoms with van der Waals surface area (Å²) in [4.78, 5) is 4.55. The fourth-order valence-electron chi connectivity index (χ4n) is 2.66. The Hall–Kier alpha value is -2.02. The Morgan fingerprint density at radius 1 is 1.12 bits per heavy atom.